The van der Waals surface area contributed by atoms with Crippen LogP contribution in [-0.2, 0) is 9.53 Å². The van der Waals surface area contributed by atoms with Crippen LogP contribution < -0.4 is 0 Å². The number of rotatable bonds is 3. The Kier molecular flexibility index (Phi) is 3.62. The van der Waals surface area contributed by atoms with Gasteiger partial charge in [-0.2, -0.15) is 5.26 Å². The topological polar surface area (TPSA) is 63.0 Å². The van der Waals surface area contributed by atoms with Crippen molar-refractivity contribution in [1.82, 2.24) is 4.98 Å². The van der Waals surface area contributed by atoms with Crippen LogP contribution in [0.1, 0.15) is 18.5 Å². The largest absolute Gasteiger partial charge is 0.465 e. The summed E-state index contributed by atoms with van der Waals surface area (Å²) in [7, 11) is 0. The highest BCUT2D eigenvalue weighted by molar-refractivity contribution is 5.80. The first-order chi connectivity index (χ1) is 6.79. The molecule has 4 nitrogen and oxygen atoms in total. The number of carbonyl (C=O) groups is 1. The number of esters is 1. The summed E-state index contributed by atoms with van der Waals surface area (Å²) in [5.41, 5.74) is 0.424. The highest BCUT2D eigenvalue weighted by Gasteiger charge is 2.22. The van der Waals surface area contributed by atoms with Crippen LogP contribution >= 0.6 is 0 Å². The Balaban J connectivity index is 2.84. The molecule has 0 amide bonds. The van der Waals surface area contributed by atoms with Gasteiger partial charge in [0.15, 0.2) is 5.92 Å². The first-order valence-corrected chi connectivity index (χ1v) is 4.26. The van der Waals surface area contributed by atoms with Crippen molar-refractivity contribution in [3.8, 4) is 6.07 Å². The van der Waals surface area contributed by atoms with E-state index in [1.54, 1.807) is 31.3 Å². The van der Waals surface area contributed by atoms with Crippen molar-refractivity contribution < 1.29 is 9.53 Å². The van der Waals surface area contributed by atoms with Crippen LogP contribution in [0.4, 0.5) is 0 Å². The summed E-state index contributed by atoms with van der Waals surface area (Å²) in [6, 6.07) is 6.95. The molecule has 1 rings (SSSR count). The van der Waals surface area contributed by atoms with Crippen molar-refractivity contribution in [2.24, 2.45) is 0 Å². The Labute approximate surface area is 82.1 Å². The average Bonchev–Trinajstić information content (AvgIpc) is 2.21. The molecule has 1 heterocycles. The van der Waals surface area contributed by atoms with Crippen molar-refractivity contribution in [1.29, 1.82) is 5.26 Å². The molecule has 0 unspecified atom stereocenters. The maximum absolute atomic E-state index is 11.3. The van der Waals surface area contributed by atoms with Crippen molar-refractivity contribution >= 4 is 5.97 Å². The number of pyridine rings is 1. The summed E-state index contributed by atoms with van der Waals surface area (Å²) >= 11 is 0. The highest BCUT2D eigenvalue weighted by atomic mass is 16.5. The van der Waals surface area contributed by atoms with Gasteiger partial charge in [-0.3, -0.25) is 9.78 Å². The number of carbonyl (C=O) groups excluding carboxylic acids is 1. The lowest BCUT2D eigenvalue weighted by atomic mass is 10.1. The van der Waals surface area contributed by atoms with E-state index in [0.29, 0.717) is 5.69 Å². The first-order valence-electron chi connectivity index (χ1n) is 4.26. The number of nitriles is 1. The molecule has 14 heavy (non-hydrogen) atoms. The van der Waals surface area contributed by atoms with Gasteiger partial charge in [-0.25, -0.2) is 0 Å². The van der Waals surface area contributed by atoms with Gasteiger partial charge in [-0.1, -0.05) is 6.07 Å². The zero-order valence-electron chi connectivity index (χ0n) is 7.80. The van der Waals surface area contributed by atoms with Crippen molar-refractivity contribution in [3.05, 3.63) is 30.1 Å². The third kappa shape index (κ3) is 2.30. The summed E-state index contributed by atoms with van der Waals surface area (Å²) in [4.78, 5) is 15.2. The Hall–Kier alpha value is -1.89. The van der Waals surface area contributed by atoms with Crippen molar-refractivity contribution in [2.75, 3.05) is 6.61 Å². The molecular weight excluding hydrogens is 180 g/mol. The van der Waals surface area contributed by atoms with E-state index in [0.717, 1.165) is 0 Å². The monoisotopic (exact) mass is 190 g/mol. The molecule has 1 aromatic heterocycles. The van der Waals surface area contributed by atoms with Gasteiger partial charge in [0, 0.05) is 6.20 Å². The van der Waals surface area contributed by atoms with E-state index < -0.39 is 11.9 Å². The van der Waals surface area contributed by atoms with E-state index in [-0.39, 0.29) is 6.61 Å². The second-order valence-electron chi connectivity index (χ2n) is 2.57. The van der Waals surface area contributed by atoms with Crippen molar-refractivity contribution in [3.63, 3.8) is 0 Å². The second-order valence-corrected chi connectivity index (χ2v) is 2.57. The predicted octanol–water partition coefficient (Wildman–Crippen LogP) is 1.25. The lowest BCUT2D eigenvalue weighted by Gasteiger charge is -2.06. The summed E-state index contributed by atoms with van der Waals surface area (Å²) in [5, 5.41) is 8.79. The zero-order valence-corrected chi connectivity index (χ0v) is 7.80. The summed E-state index contributed by atoms with van der Waals surface area (Å²) in [5.74, 6) is -1.47. The summed E-state index contributed by atoms with van der Waals surface area (Å²) in [6.07, 6.45) is 1.54. The molecule has 1 aromatic rings. The van der Waals surface area contributed by atoms with Gasteiger partial charge in [-0.15, -0.1) is 0 Å². The molecule has 4 heteroatoms. The third-order valence-electron chi connectivity index (χ3n) is 1.63. The van der Waals surface area contributed by atoms with Crippen LogP contribution in [-0.4, -0.2) is 17.6 Å². The predicted molar refractivity (Wildman–Crippen MR) is 49.2 cm³/mol. The number of hydrogen-bond acceptors (Lipinski definition) is 4. The van der Waals surface area contributed by atoms with E-state index in [2.05, 4.69) is 4.98 Å². The van der Waals surface area contributed by atoms with Crippen LogP contribution in [0.2, 0.25) is 0 Å². The molecule has 0 bridgehead atoms. The minimum atomic E-state index is -0.920. The minimum Gasteiger partial charge on any atom is -0.465 e. The van der Waals surface area contributed by atoms with Crippen LogP contribution in [0.3, 0.4) is 0 Å². The minimum absolute atomic E-state index is 0.268. The van der Waals surface area contributed by atoms with Gasteiger partial charge in [0.2, 0.25) is 0 Å². The van der Waals surface area contributed by atoms with Gasteiger partial charge in [0.1, 0.15) is 0 Å². The number of aromatic nitrogens is 1. The lowest BCUT2D eigenvalue weighted by Crippen LogP contribution is -2.15. The molecule has 1 atom stereocenters. The first kappa shape index (κ1) is 10.2. The van der Waals surface area contributed by atoms with Gasteiger partial charge in [-0.05, 0) is 19.1 Å². The van der Waals surface area contributed by atoms with Gasteiger partial charge in [0.25, 0.3) is 0 Å². The molecule has 0 aliphatic rings. The molecule has 0 N–H and O–H groups in total. The molecular formula is C10H10N2O2. The van der Waals surface area contributed by atoms with Crippen LogP contribution in [0.15, 0.2) is 24.4 Å². The molecule has 0 radical (unpaired) electrons. The fourth-order valence-electron chi connectivity index (χ4n) is 1.01. The smallest absolute Gasteiger partial charge is 0.329 e. The second kappa shape index (κ2) is 4.97. The van der Waals surface area contributed by atoms with Crippen LogP contribution in [0.5, 0.6) is 0 Å². The summed E-state index contributed by atoms with van der Waals surface area (Å²) in [6.45, 7) is 1.97. The Morgan fingerprint density at radius 1 is 1.71 bits per heavy atom. The van der Waals surface area contributed by atoms with E-state index in [9.17, 15) is 4.79 Å². The molecule has 0 aliphatic heterocycles. The fraction of sp³-hybridized carbons (Fsp3) is 0.300. The molecule has 0 saturated carbocycles. The van der Waals surface area contributed by atoms with E-state index in [1.165, 1.54) is 0 Å². The van der Waals surface area contributed by atoms with E-state index >= 15 is 0 Å². The molecule has 0 spiro atoms. The fourth-order valence-corrected chi connectivity index (χ4v) is 1.01. The van der Waals surface area contributed by atoms with Crippen LogP contribution in [0.25, 0.3) is 0 Å². The Morgan fingerprint density at radius 2 is 2.50 bits per heavy atom. The van der Waals surface area contributed by atoms with E-state index in [4.69, 9.17) is 10.00 Å². The SMILES string of the molecule is CCOC(=O)[C@H](C#N)c1ccccn1. The number of nitrogens with zero attached hydrogens (tertiary/aromatic N) is 2. The van der Waals surface area contributed by atoms with Gasteiger partial charge < -0.3 is 4.74 Å². The standard InChI is InChI=1S/C10H10N2O2/c1-2-14-10(13)8(7-11)9-5-3-4-6-12-9/h3-6,8H,2H2,1H3/t8-/m1/s1. The zero-order chi connectivity index (χ0) is 10.4. The molecule has 0 saturated heterocycles. The van der Waals surface area contributed by atoms with E-state index in [1.807, 2.05) is 6.07 Å². The molecule has 0 aromatic carbocycles. The summed E-state index contributed by atoms with van der Waals surface area (Å²) < 4.78 is 4.75. The average molecular weight is 190 g/mol. The maximum Gasteiger partial charge on any atom is 0.329 e. The number of hydrogen-bond donors (Lipinski definition) is 0. The molecule has 72 valence electrons. The highest BCUT2D eigenvalue weighted by Crippen LogP contribution is 2.13. The maximum atomic E-state index is 11.3. The Bertz CT molecular complexity index is 343. The van der Waals surface area contributed by atoms with Crippen LogP contribution in [0, 0.1) is 11.3 Å². The normalized spacial score (nSPS) is 11.4. The Morgan fingerprint density at radius 3 is 3.00 bits per heavy atom. The van der Waals surface area contributed by atoms with Gasteiger partial charge in [0.05, 0.1) is 18.4 Å². The van der Waals surface area contributed by atoms with Gasteiger partial charge >= 0.3 is 5.97 Å². The molecule has 0 fully saturated rings. The number of ether oxygens (including phenoxy) is 1. The quantitative estimate of drug-likeness (QED) is 0.673. The van der Waals surface area contributed by atoms with Crippen molar-refractivity contribution in [2.45, 2.75) is 12.8 Å². The third-order valence-corrected chi connectivity index (χ3v) is 1.63. The lowest BCUT2D eigenvalue weighted by molar-refractivity contribution is -0.143. The molecule has 0 aliphatic carbocycles.